The molecule has 0 amide bonds. The van der Waals surface area contributed by atoms with Crippen molar-refractivity contribution < 1.29 is 0 Å². The van der Waals surface area contributed by atoms with Crippen LogP contribution in [0.4, 0.5) is 0 Å². The number of rotatable bonds is 2. The first-order valence-corrected chi connectivity index (χ1v) is 19.5. The van der Waals surface area contributed by atoms with Crippen molar-refractivity contribution >= 4 is 44.2 Å². The van der Waals surface area contributed by atoms with Crippen LogP contribution in [0.2, 0.25) is 0 Å². The van der Waals surface area contributed by atoms with Gasteiger partial charge in [-0.1, -0.05) is 184 Å². The van der Waals surface area contributed by atoms with Crippen LogP contribution >= 0.6 is 44.2 Å². The van der Waals surface area contributed by atoms with Crippen LogP contribution in [0.15, 0.2) is 95.5 Å². The summed E-state index contributed by atoms with van der Waals surface area (Å²) in [6.07, 6.45) is 0. The Morgan fingerprint density at radius 3 is 0.860 bits per heavy atom. The van der Waals surface area contributed by atoms with Crippen LogP contribution in [-0.2, 0) is 21.7 Å². The number of benzene rings is 4. The second-order valence-electron chi connectivity index (χ2n) is 15.4. The maximum atomic E-state index is 3.73. The molecule has 0 aliphatic carbocycles. The molecule has 0 saturated heterocycles. The van der Waals surface area contributed by atoms with Crippen LogP contribution in [0.25, 0.3) is 22.3 Å². The van der Waals surface area contributed by atoms with Gasteiger partial charge in [0.2, 0.25) is 0 Å². The van der Waals surface area contributed by atoms with Crippen molar-refractivity contribution in [2.75, 3.05) is 0 Å². The fraction of sp³-hybridized carbons (Fsp3) is 0.400. The highest BCUT2D eigenvalue weighted by atomic mass is 80.9. The molecule has 0 aromatic heterocycles. The second kappa shape index (κ2) is 15.1. The van der Waals surface area contributed by atoms with Crippen molar-refractivity contribution in [2.45, 2.75) is 105 Å². The Morgan fingerprint density at radius 2 is 0.605 bits per heavy atom. The summed E-state index contributed by atoms with van der Waals surface area (Å²) >= 11 is 9.23. The molecule has 0 nitrogen and oxygen atoms in total. The lowest BCUT2D eigenvalue weighted by Gasteiger charge is -2.21. The molecule has 4 aromatic rings. The van der Waals surface area contributed by atoms with Crippen molar-refractivity contribution in [3.05, 3.63) is 118 Å². The Morgan fingerprint density at radius 1 is 0.349 bits per heavy atom. The zero-order chi connectivity index (χ0) is 32.8. The minimum atomic E-state index is 0.178. The summed E-state index contributed by atoms with van der Waals surface area (Å²) in [4.78, 5) is 0. The van der Waals surface area contributed by atoms with Crippen LogP contribution in [0.3, 0.4) is 0 Å². The third kappa shape index (κ3) is 11.0. The SMILES string of the molecule is BrBr.CC(C)(C)c1ccc(-c2ccc(C(C)(C)C)cc2)cc1.CC(C)(C)c1ccc(-c2ccc(C(C)(C)C)cc2Br)cc1. The standard InChI is InChI=1S/C20H25Br.C20H26.Br2/c1-19(2,3)15-9-7-14(8-10-15)17-12-11-16(13-18(17)21)20(4,5)6;1-19(2,3)17-11-7-15(8-12-17)16-9-13-18(14-10-16)20(4,5)6;1-2/h7-13H,1-6H3;7-14H,1-6H3;. The second-order valence-corrected chi connectivity index (χ2v) is 16.3. The van der Waals surface area contributed by atoms with Crippen LogP contribution in [0.5, 0.6) is 0 Å². The molecule has 3 heteroatoms. The van der Waals surface area contributed by atoms with E-state index in [-0.39, 0.29) is 21.7 Å². The van der Waals surface area contributed by atoms with E-state index in [1.165, 1.54) is 49.0 Å². The van der Waals surface area contributed by atoms with Crippen molar-refractivity contribution in [3.8, 4) is 22.3 Å². The molecule has 43 heavy (non-hydrogen) atoms. The smallest absolute Gasteiger partial charge is 0.0256 e. The zero-order valence-electron chi connectivity index (χ0n) is 28.3. The Bertz CT molecular complexity index is 1360. The predicted molar refractivity (Wildman–Crippen MR) is 204 cm³/mol. The fourth-order valence-electron chi connectivity index (χ4n) is 4.69. The van der Waals surface area contributed by atoms with Gasteiger partial charge in [-0.2, -0.15) is 0 Å². The molecule has 0 atom stereocenters. The lowest BCUT2D eigenvalue weighted by molar-refractivity contribution is 0.589. The first-order chi connectivity index (χ1) is 19.8. The van der Waals surface area contributed by atoms with E-state index in [4.69, 9.17) is 0 Å². The monoisotopic (exact) mass is 768 g/mol. The average Bonchev–Trinajstić information content (AvgIpc) is 2.93. The molecular weight excluding hydrogens is 720 g/mol. The summed E-state index contributed by atoms with van der Waals surface area (Å²) in [5.41, 5.74) is 11.4. The Labute approximate surface area is 287 Å². The largest absolute Gasteiger partial charge is 0.0579 e. The van der Waals surface area contributed by atoms with Gasteiger partial charge in [0.05, 0.1) is 0 Å². The van der Waals surface area contributed by atoms with E-state index in [0.717, 1.165) is 0 Å². The molecule has 0 bridgehead atoms. The van der Waals surface area contributed by atoms with Gasteiger partial charge in [0.1, 0.15) is 0 Å². The Hall–Kier alpha value is -1.68. The summed E-state index contributed by atoms with van der Waals surface area (Å²) in [7, 11) is 0. The number of halogens is 3. The third-order valence-electron chi connectivity index (χ3n) is 7.73. The molecule has 0 fully saturated rings. The molecule has 4 rings (SSSR count). The minimum absolute atomic E-state index is 0.178. The van der Waals surface area contributed by atoms with Gasteiger partial charge < -0.3 is 0 Å². The molecule has 0 spiro atoms. The van der Waals surface area contributed by atoms with Crippen LogP contribution in [0, 0.1) is 0 Å². The van der Waals surface area contributed by atoms with Crippen LogP contribution in [0.1, 0.15) is 105 Å². The van der Waals surface area contributed by atoms with Crippen molar-refractivity contribution in [1.29, 1.82) is 0 Å². The van der Waals surface area contributed by atoms with Crippen molar-refractivity contribution in [2.24, 2.45) is 0 Å². The van der Waals surface area contributed by atoms with E-state index in [2.05, 4.69) is 218 Å². The quantitative estimate of drug-likeness (QED) is 0.190. The normalized spacial score (nSPS) is 12.1. The molecule has 0 N–H and O–H groups in total. The molecule has 0 saturated carbocycles. The van der Waals surface area contributed by atoms with E-state index >= 15 is 0 Å². The molecule has 4 aromatic carbocycles. The Kier molecular flexibility index (Phi) is 13.1. The summed E-state index contributed by atoms with van der Waals surface area (Å²) in [5.74, 6) is 0. The molecule has 0 aliphatic heterocycles. The highest BCUT2D eigenvalue weighted by molar-refractivity contribution is 9.93. The Balaban J connectivity index is 0.000000284. The highest BCUT2D eigenvalue weighted by Crippen LogP contribution is 2.34. The minimum Gasteiger partial charge on any atom is -0.0579 e. The predicted octanol–water partition coefficient (Wildman–Crippen LogP) is 14.4. The number of hydrogen-bond donors (Lipinski definition) is 0. The van der Waals surface area contributed by atoms with Gasteiger partial charge in [-0.05, 0) is 72.2 Å². The van der Waals surface area contributed by atoms with Crippen molar-refractivity contribution in [3.63, 3.8) is 0 Å². The molecule has 0 unspecified atom stereocenters. The van der Waals surface area contributed by atoms with E-state index < -0.39 is 0 Å². The van der Waals surface area contributed by atoms with Crippen LogP contribution < -0.4 is 0 Å². The van der Waals surface area contributed by atoms with Gasteiger partial charge in [0.15, 0.2) is 0 Å². The highest BCUT2D eigenvalue weighted by Gasteiger charge is 2.17. The molecule has 232 valence electrons. The topological polar surface area (TPSA) is 0 Å². The van der Waals surface area contributed by atoms with Gasteiger partial charge >= 0.3 is 0 Å². The number of hydrogen-bond acceptors (Lipinski definition) is 0. The maximum Gasteiger partial charge on any atom is 0.0256 e. The van der Waals surface area contributed by atoms with E-state index in [1.807, 2.05) is 0 Å². The maximum absolute atomic E-state index is 3.73. The third-order valence-corrected chi connectivity index (χ3v) is 8.39. The van der Waals surface area contributed by atoms with E-state index in [1.54, 1.807) is 0 Å². The lowest BCUT2D eigenvalue weighted by atomic mass is 9.85. The van der Waals surface area contributed by atoms with Gasteiger partial charge in [0.25, 0.3) is 0 Å². The summed E-state index contributed by atoms with van der Waals surface area (Å²) < 4.78 is 1.17. The summed E-state index contributed by atoms with van der Waals surface area (Å²) in [5, 5.41) is 0. The summed E-state index contributed by atoms with van der Waals surface area (Å²) in [6, 6.07) is 33.5. The fourth-order valence-corrected chi connectivity index (χ4v) is 5.30. The first kappa shape index (κ1) is 37.5. The lowest BCUT2D eigenvalue weighted by Crippen LogP contribution is -2.11. The van der Waals surface area contributed by atoms with E-state index in [0.29, 0.717) is 0 Å². The van der Waals surface area contributed by atoms with Gasteiger partial charge in [0, 0.05) is 32.7 Å². The molecule has 0 aliphatic rings. The molecular formula is C40H51Br3. The van der Waals surface area contributed by atoms with Gasteiger partial charge in [-0.15, -0.1) is 0 Å². The van der Waals surface area contributed by atoms with Crippen molar-refractivity contribution in [1.82, 2.24) is 0 Å². The summed E-state index contributed by atoms with van der Waals surface area (Å²) in [6.45, 7) is 27.0. The average molecular weight is 772 g/mol. The van der Waals surface area contributed by atoms with Gasteiger partial charge in [-0.25, -0.2) is 0 Å². The van der Waals surface area contributed by atoms with Crippen LogP contribution in [-0.4, -0.2) is 0 Å². The van der Waals surface area contributed by atoms with E-state index in [9.17, 15) is 0 Å². The van der Waals surface area contributed by atoms with Gasteiger partial charge in [-0.3, -0.25) is 0 Å². The first-order valence-electron chi connectivity index (χ1n) is 15.0. The zero-order valence-corrected chi connectivity index (χ0v) is 33.1. The molecule has 0 heterocycles. The molecule has 0 radical (unpaired) electrons.